The van der Waals surface area contributed by atoms with Crippen molar-refractivity contribution < 1.29 is 0 Å². The minimum Gasteiger partial charge on any atom is -0.330 e. The Balaban J connectivity index is 2.86. The molecule has 1 heterocycles. The number of aryl methyl sites for hydroxylation is 2. The molecule has 0 aliphatic carbocycles. The topological polar surface area (TPSA) is 63.8 Å². The van der Waals surface area contributed by atoms with Crippen LogP contribution in [0.2, 0.25) is 5.02 Å². The second kappa shape index (κ2) is 3.78. The number of nitrogens with zero attached hydrogens (tertiary/aromatic N) is 1. The van der Waals surface area contributed by atoms with Gasteiger partial charge in [0.15, 0.2) is 0 Å². The van der Waals surface area contributed by atoms with Crippen LogP contribution in [-0.2, 0) is 13.5 Å². The normalized spacial score (nSPS) is 10.6. The molecule has 1 rings (SSSR count). The summed E-state index contributed by atoms with van der Waals surface area (Å²) in [5, 5.41) is 3.15. The molecule has 0 amide bonds. The largest absolute Gasteiger partial charge is 0.330 e. The third-order valence-corrected chi connectivity index (χ3v) is 2.08. The molecule has 3 N–H and O–H groups in total. The van der Waals surface area contributed by atoms with E-state index in [2.05, 4.69) is 5.10 Å². The van der Waals surface area contributed by atoms with Crippen molar-refractivity contribution >= 4 is 11.6 Å². The van der Waals surface area contributed by atoms with Gasteiger partial charge in [0.05, 0.1) is 5.69 Å². The highest BCUT2D eigenvalue weighted by atomic mass is 35.5. The maximum absolute atomic E-state index is 11.1. The Hall–Kier alpha value is -0.740. The smallest absolute Gasteiger partial charge is 0.285 e. The molecule has 0 unspecified atom stereocenters. The van der Waals surface area contributed by atoms with E-state index in [9.17, 15) is 4.79 Å². The highest BCUT2D eigenvalue weighted by Gasteiger charge is 2.08. The van der Waals surface area contributed by atoms with E-state index in [0.717, 1.165) is 18.5 Å². The van der Waals surface area contributed by atoms with Crippen LogP contribution in [0.1, 0.15) is 12.1 Å². The van der Waals surface area contributed by atoms with Gasteiger partial charge in [-0.25, -0.2) is 0 Å². The number of H-pyrrole nitrogens is 1. The first-order valence-electron chi connectivity index (χ1n) is 3.80. The lowest BCUT2D eigenvalue weighted by molar-refractivity contribution is 0.706. The molecule has 1 aromatic rings. The van der Waals surface area contributed by atoms with E-state index in [1.165, 1.54) is 4.68 Å². The second-order valence-corrected chi connectivity index (χ2v) is 3.04. The number of nitrogens with one attached hydrogen (secondary N) is 1. The molecule has 0 aliphatic rings. The molecule has 4 nitrogen and oxygen atoms in total. The highest BCUT2D eigenvalue weighted by molar-refractivity contribution is 6.31. The van der Waals surface area contributed by atoms with Crippen molar-refractivity contribution in [1.29, 1.82) is 0 Å². The molecular formula is C7H12ClN3O. The molecule has 0 aromatic carbocycles. The van der Waals surface area contributed by atoms with Crippen LogP contribution in [0.25, 0.3) is 0 Å². The molecule has 0 aliphatic heterocycles. The zero-order valence-electron chi connectivity index (χ0n) is 6.93. The lowest BCUT2D eigenvalue weighted by Gasteiger charge is -1.94. The lowest BCUT2D eigenvalue weighted by atomic mass is 10.2. The zero-order valence-corrected chi connectivity index (χ0v) is 7.69. The predicted molar refractivity (Wildman–Crippen MR) is 48.4 cm³/mol. The van der Waals surface area contributed by atoms with E-state index < -0.39 is 0 Å². The summed E-state index contributed by atoms with van der Waals surface area (Å²) in [4.78, 5) is 11.1. The fourth-order valence-corrected chi connectivity index (χ4v) is 1.29. The Labute approximate surface area is 75.3 Å². The Bertz CT molecular complexity index is 315. The second-order valence-electron chi connectivity index (χ2n) is 2.66. The Kier molecular flexibility index (Phi) is 2.94. The molecule has 0 radical (unpaired) electrons. The van der Waals surface area contributed by atoms with Gasteiger partial charge in [-0.15, -0.1) is 0 Å². The minimum atomic E-state index is -0.177. The molecule has 68 valence electrons. The van der Waals surface area contributed by atoms with Gasteiger partial charge in [-0.3, -0.25) is 14.6 Å². The molecule has 0 spiro atoms. The molecular weight excluding hydrogens is 178 g/mol. The lowest BCUT2D eigenvalue weighted by Crippen LogP contribution is -2.11. The Morgan fingerprint density at radius 1 is 1.67 bits per heavy atom. The summed E-state index contributed by atoms with van der Waals surface area (Å²) < 4.78 is 1.37. The molecule has 0 saturated carbocycles. The van der Waals surface area contributed by atoms with E-state index in [0.29, 0.717) is 6.54 Å². The van der Waals surface area contributed by atoms with Crippen molar-refractivity contribution in [3.8, 4) is 0 Å². The van der Waals surface area contributed by atoms with Gasteiger partial charge < -0.3 is 5.73 Å². The van der Waals surface area contributed by atoms with Crippen LogP contribution < -0.4 is 11.3 Å². The van der Waals surface area contributed by atoms with Crippen molar-refractivity contribution in [3.63, 3.8) is 0 Å². The third-order valence-electron chi connectivity index (χ3n) is 1.69. The average Bonchev–Trinajstić information content (AvgIpc) is 2.30. The van der Waals surface area contributed by atoms with Gasteiger partial charge in [0.2, 0.25) is 0 Å². The van der Waals surface area contributed by atoms with Crippen LogP contribution >= 0.6 is 11.6 Å². The molecule has 1 aromatic heterocycles. The van der Waals surface area contributed by atoms with E-state index in [1.54, 1.807) is 7.05 Å². The quantitative estimate of drug-likeness (QED) is 0.717. The first-order valence-corrected chi connectivity index (χ1v) is 4.18. The summed E-state index contributed by atoms with van der Waals surface area (Å²) in [6.45, 7) is 0.604. The third kappa shape index (κ3) is 1.70. The molecule has 0 bridgehead atoms. The van der Waals surface area contributed by atoms with Crippen LogP contribution in [-0.4, -0.2) is 16.3 Å². The van der Waals surface area contributed by atoms with Crippen LogP contribution in [0.4, 0.5) is 0 Å². The first kappa shape index (κ1) is 9.35. The van der Waals surface area contributed by atoms with Crippen LogP contribution in [0.15, 0.2) is 4.79 Å². The maximum atomic E-state index is 11.1. The standard InChI is InChI=1S/C7H12ClN3O/c1-11-7(12)6(8)5(10-11)3-2-4-9/h10H,2-4,9H2,1H3. The number of nitrogens with two attached hydrogens (primary N) is 1. The number of aromatic nitrogens is 2. The van der Waals surface area contributed by atoms with Crippen molar-refractivity contribution in [2.24, 2.45) is 12.8 Å². The van der Waals surface area contributed by atoms with E-state index in [4.69, 9.17) is 17.3 Å². The first-order chi connectivity index (χ1) is 5.66. The number of rotatable bonds is 3. The number of halogens is 1. The highest BCUT2D eigenvalue weighted by Crippen LogP contribution is 2.09. The molecule has 0 fully saturated rings. The molecule has 0 saturated heterocycles. The van der Waals surface area contributed by atoms with Crippen molar-refractivity contribution in [3.05, 3.63) is 21.1 Å². The maximum Gasteiger partial charge on any atom is 0.285 e. The van der Waals surface area contributed by atoms with Gasteiger partial charge in [-0.2, -0.15) is 0 Å². The zero-order chi connectivity index (χ0) is 9.14. The van der Waals surface area contributed by atoms with Gasteiger partial charge in [0.1, 0.15) is 5.02 Å². The fourth-order valence-electron chi connectivity index (χ4n) is 1.02. The van der Waals surface area contributed by atoms with Gasteiger partial charge in [-0.05, 0) is 19.4 Å². The van der Waals surface area contributed by atoms with Crippen molar-refractivity contribution in [1.82, 2.24) is 9.78 Å². The van der Waals surface area contributed by atoms with E-state index >= 15 is 0 Å². The number of aromatic amines is 1. The molecule has 12 heavy (non-hydrogen) atoms. The average molecular weight is 190 g/mol. The van der Waals surface area contributed by atoms with Crippen molar-refractivity contribution in [2.45, 2.75) is 12.8 Å². The molecule has 5 heteroatoms. The summed E-state index contributed by atoms with van der Waals surface area (Å²) >= 11 is 5.74. The van der Waals surface area contributed by atoms with Gasteiger partial charge in [0.25, 0.3) is 5.56 Å². The number of hydrogen-bond donors (Lipinski definition) is 2. The summed E-state index contributed by atoms with van der Waals surface area (Å²) in [7, 11) is 1.64. The Morgan fingerprint density at radius 2 is 2.33 bits per heavy atom. The monoisotopic (exact) mass is 189 g/mol. The van der Waals surface area contributed by atoms with Gasteiger partial charge in [-0.1, -0.05) is 11.6 Å². The van der Waals surface area contributed by atoms with Crippen LogP contribution in [0.3, 0.4) is 0 Å². The predicted octanol–water partition coefficient (Wildman–Crippen LogP) is 0.258. The SMILES string of the molecule is Cn1[nH]c(CCCN)c(Cl)c1=O. The van der Waals surface area contributed by atoms with E-state index in [1.807, 2.05) is 0 Å². The summed E-state index contributed by atoms with van der Waals surface area (Å²) in [6, 6.07) is 0. The van der Waals surface area contributed by atoms with Crippen molar-refractivity contribution in [2.75, 3.05) is 6.54 Å². The summed E-state index contributed by atoms with van der Waals surface area (Å²) in [6.07, 6.45) is 1.56. The van der Waals surface area contributed by atoms with Gasteiger partial charge >= 0.3 is 0 Å². The van der Waals surface area contributed by atoms with Crippen LogP contribution in [0.5, 0.6) is 0 Å². The minimum absolute atomic E-state index is 0.177. The van der Waals surface area contributed by atoms with E-state index in [-0.39, 0.29) is 10.6 Å². The Morgan fingerprint density at radius 3 is 2.75 bits per heavy atom. The molecule has 0 atom stereocenters. The fraction of sp³-hybridized carbons (Fsp3) is 0.571. The summed E-state index contributed by atoms with van der Waals surface area (Å²) in [5.41, 5.74) is 5.93. The summed E-state index contributed by atoms with van der Waals surface area (Å²) in [5.74, 6) is 0. The van der Waals surface area contributed by atoms with Gasteiger partial charge in [0, 0.05) is 7.05 Å². The van der Waals surface area contributed by atoms with Crippen LogP contribution in [0, 0.1) is 0 Å². The number of hydrogen-bond acceptors (Lipinski definition) is 2.